The van der Waals surface area contributed by atoms with E-state index in [9.17, 15) is 14.4 Å². The Morgan fingerprint density at radius 2 is 0.545 bits per heavy atom. The van der Waals surface area contributed by atoms with Crippen LogP contribution >= 0.6 is 0 Å². The molecule has 6 nitrogen and oxygen atoms in total. The Morgan fingerprint density at radius 1 is 0.303 bits per heavy atom. The fraction of sp³-hybridized carbons (Fsp3) is 0.750. The lowest BCUT2D eigenvalue weighted by molar-refractivity contribution is -0.167. The number of hydrogen-bond donors (Lipinski definition) is 0. The molecule has 0 amide bonds. The van der Waals surface area contributed by atoms with Gasteiger partial charge in [0, 0.05) is 19.3 Å². The van der Waals surface area contributed by atoms with E-state index in [0.717, 1.165) is 103 Å². The summed E-state index contributed by atoms with van der Waals surface area (Å²) in [6, 6.07) is 0. The molecule has 0 saturated heterocycles. The summed E-state index contributed by atoms with van der Waals surface area (Å²) >= 11 is 0. The molecule has 0 aliphatic heterocycles. The number of allylic oxidation sites excluding steroid dienone is 12. The van der Waals surface area contributed by atoms with E-state index in [2.05, 4.69) is 93.7 Å². The molecule has 0 aromatic carbocycles. The number of carbonyl (C=O) groups is 3. The van der Waals surface area contributed by atoms with Gasteiger partial charge in [-0.1, -0.05) is 209 Å². The summed E-state index contributed by atoms with van der Waals surface area (Å²) in [7, 11) is 0. The molecular formula is C60H104O6. The van der Waals surface area contributed by atoms with E-state index in [0.29, 0.717) is 19.3 Å². The second-order valence-corrected chi connectivity index (χ2v) is 18.5. The molecule has 0 rings (SSSR count). The average molecular weight is 921 g/mol. The Morgan fingerprint density at radius 3 is 0.894 bits per heavy atom. The summed E-state index contributed by atoms with van der Waals surface area (Å²) in [4.78, 5) is 38.1. The molecule has 0 heterocycles. The minimum absolute atomic E-state index is 0.0901. The van der Waals surface area contributed by atoms with E-state index >= 15 is 0 Å². The van der Waals surface area contributed by atoms with Gasteiger partial charge in [-0.05, 0) is 116 Å². The molecule has 0 aromatic rings. The molecule has 0 aromatic heterocycles. The molecule has 380 valence electrons. The van der Waals surface area contributed by atoms with Crippen molar-refractivity contribution in [3.05, 3.63) is 72.9 Å². The van der Waals surface area contributed by atoms with Crippen LogP contribution in [0.15, 0.2) is 72.9 Å². The van der Waals surface area contributed by atoms with Crippen LogP contribution in [-0.2, 0) is 28.6 Å². The number of hydrogen-bond acceptors (Lipinski definition) is 6. The third-order valence-electron chi connectivity index (χ3n) is 11.9. The van der Waals surface area contributed by atoms with Gasteiger partial charge in [0.25, 0.3) is 0 Å². The zero-order valence-electron chi connectivity index (χ0n) is 43.4. The van der Waals surface area contributed by atoms with Crippen LogP contribution in [-0.4, -0.2) is 37.2 Å². The Hall–Kier alpha value is -3.15. The van der Waals surface area contributed by atoms with Crippen LogP contribution in [0.3, 0.4) is 0 Å². The van der Waals surface area contributed by atoms with Crippen LogP contribution in [0.25, 0.3) is 0 Å². The van der Waals surface area contributed by atoms with E-state index in [-0.39, 0.29) is 31.1 Å². The van der Waals surface area contributed by atoms with Gasteiger partial charge in [-0.25, -0.2) is 0 Å². The van der Waals surface area contributed by atoms with Gasteiger partial charge in [-0.3, -0.25) is 14.4 Å². The number of esters is 3. The van der Waals surface area contributed by atoms with Crippen molar-refractivity contribution in [2.75, 3.05) is 13.2 Å². The molecule has 1 atom stereocenters. The van der Waals surface area contributed by atoms with E-state index in [1.807, 2.05) is 0 Å². The summed E-state index contributed by atoms with van der Waals surface area (Å²) in [6.45, 7) is 6.55. The molecule has 0 radical (unpaired) electrons. The molecule has 0 bridgehead atoms. The van der Waals surface area contributed by atoms with Gasteiger partial charge in [0.2, 0.25) is 0 Å². The van der Waals surface area contributed by atoms with Crippen LogP contribution in [0.5, 0.6) is 0 Å². The van der Waals surface area contributed by atoms with Crippen LogP contribution in [0, 0.1) is 0 Å². The summed E-state index contributed by atoms with van der Waals surface area (Å²) in [5.41, 5.74) is 0. The maximum atomic E-state index is 12.8. The normalized spacial score (nSPS) is 12.6. The predicted octanol–water partition coefficient (Wildman–Crippen LogP) is 18.6. The number of rotatable bonds is 50. The summed E-state index contributed by atoms with van der Waals surface area (Å²) in [6.07, 6.45) is 68.8. The van der Waals surface area contributed by atoms with Gasteiger partial charge >= 0.3 is 17.9 Å². The zero-order chi connectivity index (χ0) is 47.9. The van der Waals surface area contributed by atoms with Crippen molar-refractivity contribution in [3.8, 4) is 0 Å². The van der Waals surface area contributed by atoms with Crippen molar-refractivity contribution < 1.29 is 28.6 Å². The minimum Gasteiger partial charge on any atom is -0.462 e. The van der Waals surface area contributed by atoms with Gasteiger partial charge in [0.1, 0.15) is 13.2 Å². The van der Waals surface area contributed by atoms with E-state index < -0.39 is 6.10 Å². The van der Waals surface area contributed by atoms with E-state index in [4.69, 9.17) is 14.2 Å². The molecule has 0 aliphatic carbocycles. The smallest absolute Gasteiger partial charge is 0.306 e. The second-order valence-electron chi connectivity index (χ2n) is 18.5. The summed E-state index contributed by atoms with van der Waals surface area (Å²) < 4.78 is 16.8. The molecule has 0 aliphatic rings. The van der Waals surface area contributed by atoms with Crippen molar-refractivity contribution in [1.82, 2.24) is 0 Å². The van der Waals surface area contributed by atoms with Crippen molar-refractivity contribution in [2.24, 2.45) is 0 Å². The SMILES string of the molecule is CCCCC/C=C\C/C=C\C/C=C\CCCCCCC(=O)OC[C@@H](COC(=O)CCCCCCC/C=C\CCCCCCC)OC(=O)CCCCCCCCC/C=C\C/C=C\CCCCC. The minimum atomic E-state index is -0.792. The molecular weight excluding hydrogens is 817 g/mol. The van der Waals surface area contributed by atoms with Crippen molar-refractivity contribution in [2.45, 2.75) is 277 Å². The largest absolute Gasteiger partial charge is 0.462 e. The fourth-order valence-electron chi connectivity index (χ4n) is 7.65. The highest BCUT2D eigenvalue weighted by molar-refractivity contribution is 5.71. The summed E-state index contributed by atoms with van der Waals surface area (Å²) in [5.74, 6) is -0.922. The van der Waals surface area contributed by atoms with Gasteiger partial charge in [-0.15, -0.1) is 0 Å². The Labute approximate surface area is 408 Å². The third kappa shape index (κ3) is 51.8. The highest BCUT2D eigenvalue weighted by atomic mass is 16.6. The second kappa shape index (κ2) is 54.5. The maximum absolute atomic E-state index is 12.8. The molecule has 0 saturated carbocycles. The summed E-state index contributed by atoms with van der Waals surface area (Å²) in [5, 5.41) is 0. The Balaban J connectivity index is 4.45. The van der Waals surface area contributed by atoms with E-state index in [1.54, 1.807) is 0 Å². The predicted molar refractivity (Wildman–Crippen MR) is 284 cm³/mol. The highest BCUT2D eigenvalue weighted by Gasteiger charge is 2.19. The Kier molecular flexibility index (Phi) is 51.9. The first-order valence-electron chi connectivity index (χ1n) is 27.9. The lowest BCUT2D eigenvalue weighted by Gasteiger charge is -2.18. The average Bonchev–Trinajstić information content (AvgIpc) is 3.31. The Bertz CT molecular complexity index is 1240. The van der Waals surface area contributed by atoms with Crippen LogP contribution in [0.1, 0.15) is 271 Å². The van der Waals surface area contributed by atoms with Crippen LogP contribution in [0.4, 0.5) is 0 Å². The molecule has 0 unspecified atom stereocenters. The molecule has 66 heavy (non-hydrogen) atoms. The topological polar surface area (TPSA) is 78.9 Å². The molecule has 0 N–H and O–H groups in total. The monoisotopic (exact) mass is 921 g/mol. The van der Waals surface area contributed by atoms with Crippen molar-refractivity contribution >= 4 is 17.9 Å². The third-order valence-corrected chi connectivity index (χ3v) is 11.9. The molecule has 0 fully saturated rings. The molecule has 0 spiro atoms. The standard InChI is InChI=1S/C60H104O6/c1-4-7-10-13-16-19-22-25-28-30-32-35-38-41-44-47-50-53-59(62)65-56-57(55-64-58(61)52-49-46-43-40-37-34-27-24-21-18-15-12-9-6-3)66-60(63)54-51-48-45-42-39-36-33-31-29-26-23-20-17-14-11-8-5-2/h16-17,19-20,24-29,32,35,57H,4-15,18,21-23,30-31,33-34,36-56H2,1-3H3/b19-16-,20-17-,27-24-,28-25-,29-26-,35-32-/t57-/m1/s1. The lowest BCUT2D eigenvalue weighted by Crippen LogP contribution is -2.30. The zero-order valence-corrected chi connectivity index (χ0v) is 43.4. The van der Waals surface area contributed by atoms with Gasteiger partial charge in [0.15, 0.2) is 6.10 Å². The quantitative estimate of drug-likeness (QED) is 0.0262. The lowest BCUT2D eigenvalue weighted by atomic mass is 10.1. The number of ether oxygens (including phenoxy) is 3. The van der Waals surface area contributed by atoms with Crippen molar-refractivity contribution in [3.63, 3.8) is 0 Å². The first-order valence-corrected chi connectivity index (χ1v) is 27.9. The molecule has 6 heteroatoms. The number of carbonyl (C=O) groups excluding carboxylic acids is 3. The number of unbranched alkanes of at least 4 members (excludes halogenated alkanes) is 27. The van der Waals surface area contributed by atoms with Gasteiger partial charge in [0.05, 0.1) is 0 Å². The highest BCUT2D eigenvalue weighted by Crippen LogP contribution is 2.14. The van der Waals surface area contributed by atoms with Gasteiger partial charge < -0.3 is 14.2 Å². The fourth-order valence-corrected chi connectivity index (χ4v) is 7.65. The van der Waals surface area contributed by atoms with E-state index in [1.165, 1.54) is 128 Å². The first-order chi connectivity index (χ1) is 32.5. The van der Waals surface area contributed by atoms with Crippen LogP contribution in [0.2, 0.25) is 0 Å². The first kappa shape index (κ1) is 62.8. The maximum Gasteiger partial charge on any atom is 0.306 e. The van der Waals surface area contributed by atoms with Crippen molar-refractivity contribution in [1.29, 1.82) is 0 Å². The van der Waals surface area contributed by atoms with Crippen LogP contribution < -0.4 is 0 Å². The van der Waals surface area contributed by atoms with Gasteiger partial charge in [-0.2, -0.15) is 0 Å².